The lowest BCUT2D eigenvalue weighted by molar-refractivity contribution is 0.0733. The largest absolute Gasteiger partial charge is 0.491 e. The lowest BCUT2D eigenvalue weighted by atomic mass is 10.0. The van der Waals surface area contributed by atoms with Crippen molar-refractivity contribution in [1.82, 2.24) is 9.88 Å². The summed E-state index contributed by atoms with van der Waals surface area (Å²) < 4.78 is 43.4. The van der Waals surface area contributed by atoms with E-state index in [1.54, 1.807) is 6.20 Å². The first-order chi connectivity index (χ1) is 16.7. The molecule has 3 aromatic carbocycles. The highest BCUT2D eigenvalue weighted by Crippen LogP contribution is 2.32. The number of pyridine rings is 1. The molecular formula is C25H19ClFN3O4S. The molecule has 0 radical (unpaired) electrons. The van der Waals surface area contributed by atoms with E-state index in [0.29, 0.717) is 5.75 Å². The van der Waals surface area contributed by atoms with Crippen molar-refractivity contribution in [3.63, 3.8) is 0 Å². The number of nitrogens with zero attached hydrogens (tertiary/aromatic N) is 2. The Morgan fingerprint density at radius 3 is 2.69 bits per heavy atom. The fourth-order valence-corrected chi connectivity index (χ4v) is 4.90. The third-order valence-electron chi connectivity index (χ3n) is 5.81. The number of rotatable bonds is 3. The van der Waals surface area contributed by atoms with Crippen LogP contribution in [0.5, 0.6) is 5.75 Å². The van der Waals surface area contributed by atoms with Crippen molar-refractivity contribution in [2.24, 2.45) is 5.14 Å². The van der Waals surface area contributed by atoms with Crippen LogP contribution < -0.4 is 9.88 Å². The van der Waals surface area contributed by atoms with E-state index in [2.05, 4.69) is 4.98 Å². The summed E-state index contributed by atoms with van der Waals surface area (Å²) in [5.74, 6) is -1.05. The van der Waals surface area contributed by atoms with E-state index in [1.165, 1.54) is 4.90 Å². The number of sulfonamides is 1. The van der Waals surface area contributed by atoms with Crippen LogP contribution in [0.2, 0.25) is 5.02 Å². The number of para-hydroxylation sites is 1. The van der Waals surface area contributed by atoms with Crippen molar-refractivity contribution in [2.75, 3.05) is 13.2 Å². The molecule has 7 nitrogen and oxygen atoms in total. The number of carbonyl (C=O) groups is 1. The van der Waals surface area contributed by atoms with Gasteiger partial charge in [0.05, 0.1) is 22.6 Å². The first kappa shape index (κ1) is 23.2. The predicted molar refractivity (Wildman–Crippen MR) is 130 cm³/mol. The molecule has 1 aliphatic rings. The van der Waals surface area contributed by atoms with Crippen LogP contribution in [0, 0.1) is 5.82 Å². The molecule has 178 valence electrons. The average molecular weight is 512 g/mol. The van der Waals surface area contributed by atoms with E-state index >= 15 is 0 Å². The Kier molecular flexibility index (Phi) is 5.92. The van der Waals surface area contributed by atoms with Crippen molar-refractivity contribution in [3.05, 3.63) is 88.8 Å². The van der Waals surface area contributed by atoms with Gasteiger partial charge in [0.15, 0.2) is 0 Å². The number of ether oxygens (including phenoxy) is 1. The number of fused-ring (bicyclic) bond motifs is 2. The topological polar surface area (TPSA) is 103 Å². The number of halogens is 2. The van der Waals surface area contributed by atoms with Crippen LogP contribution >= 0.6 is 11.6 Å². The molecule has 10 heteroatoms. The third kappa shape index (κ3) is 4.58. The maximum Gasteiger partial charge on any atom is 0.255 e. The van der Waals surface area contributed by atoms with E-state index in [9.17, 15) is 17.6 Å². The minimum Gasteiger partial charge on any atom is -0.491 e. The van der Waals surface area contributed by atoms with Crippen LogP contribution in [-0.4, -0.2) is 37.4 Å². The molecule has 0 atom stereocenters. The number of amides is 1. The smallest absolute Gasteiger partial charge is 0.255 e. The highest BCUT2D eigenvalue weighted by atomic mass is 35.5. The fourth-order valence-electron chi connectivity index (χ4n) is 4.06. The minimum absolute atomic E-state index is 0.157. The lowest BCUT2D eigenvalue weighted by Crippen LogP contribution is -2.33. The third-order valence-corrected chi connectivity index (χ3v) is 7.05. The summed E-state index contributed by atoms with van der Waals surface area (Å²) in [6.45, 7) is 0.622. The Hall–Kier alpha value is -3.53. The molecule has 0 aliphatic carbocycles. The van der Waals surface area contributed by atoms with Crippen LogP contribution in [0.25, 0.3) is 22.0 Å². The van der Waals surface area contributed by atoms with Crippen LogP contribution in [0.4, 0.5) is 4.39 Å². The van der Waals surface area contributed by atoms with E-state index in [-0.39, 0.29) is 30.3 Å². The number of aromatic nitrogens is 1. The number of nitrogens with two attached hydrogens (primary N) is 1. The molecule has 1 aliphatic heterocycles. The summed E-state index contributed by atoms with van der Waals surface area (Å²) in [4.78, 5) is 18.5. The van der Waals surface area contributed by atoms with Gasteiger partial charge >= 0.3 is 0 Å². The molecular weight excluding hydrogens is 493 g/mol. The van der Waals surface area contributed by atoms with Gasteiger partial charge in [0.2, 0.25) is 10.0 Å². The second-order valence-electron chi connectivity index (χ2n) is 8.12. The molecule has 4 aromatic rings. The van der Waals surface area contributed by atoms with Gasteiger partial charge < -0.3 is 9.64 Å². The highest BCUT2D eigenvalue weighted by molar-refractivity contribution is 7.89. The van der Waals surface area contributed by atoms with Crippen molar-refractivity contribution in [2.45, 2.75) is 11.4 Å². The fraction of sp³-hybridized carbons (Fsp3) is 0.120. The Balaban J connectivity index is 1.49. The molecule has 0 fully saturated rings. The average Bonchev–Trinajstić information content (AvgIpc) is 3.04. The Morgan fingerprint density at radius 1 is 1.09 bits per heavy atom. The monoisotopic (exact) mass is 511 g/mol. The molecule has 2 heterocycles. The molecule has 5 rings (SSSR count). The number of primary sulfonamides is 1. The van der Waals surface area contributed by atoms with Gasteiger partial charge in [-0.1, -0.05) is 35.9 Å². The second kappa shape index (κ2) is 8.92. The van der Waals surface area contributed by atoms with E-state index in [4.69, 9.17) is 21.5 Å². The molecule has 35 heavy (non-hydrogen) atoms. The molecule has 2 N–H and O–H groups in total. The van der Waals surface area contributed by atoms with Crippen molar-refractivity contribution in [1.29, 1.82) is 0 Å². The Labute approximate surface area is 206 Å². The number of hydrogen-bond acceptors (Lipinski definition) is 5. The van der Waals surface area contributed by atoms with Crippen LogP contribution in [0.3, 0.4) is 0 Å². The molecule has 1 amide bonds. The first-order valence-corrected chi connectivity index (χ1v) is 12.5. The summed E-state index contributed by atoms with van der Waals surface area (Å²) in [5, 5.41) is 5.89. The van der Waals surface area contributed by atoms with Gasteiger partial charge in [-0.3, -0.25) is 9.78 Å². The lowest BCUT2D eigenvalue weighted by Gasteiger charge is -2.21. The van der Waals surface area contributed by atoms with Crippen molar-refractivity contribution in [3.8, 4) is 16.9 Å². The number of carbonyl (C=O) groups excluding carboxylic acids is 1. The standard InChI is InChI=1S/C25H19ClFN3O4S/c26-20-12-21(27)24(35(28,32)33)11-19(20)25(31)30-7-8-34-23-6-5-15(9-18(23)14-30)17-10-16-3-1-2-4-22(16)29-13-17/h1-6,9-13H,7-8,14H2,(H2,28,32,33). The van der Waals surface area contributed by atoms with Gasteiger partial charge in [-0.05, 0) is 42.0 Å². The minimum atomic E-state index is -4.38. The summed E-state index contributed by atoms with van der Waals surface area (Å²) in [5.41, 5.74) is 3.30. The van der Waals surface area contributed by atoms with E-state index in [1.807, 2.05) is 48.5 Å². The maximum absolute atomic E-state index is 14.1. The molecule has 0 unspecified atom stereocenters. The van der Waals surface area contributed by atoms with Gasteiger partial charge in [-0.25, -0.2) is 17.9 Å². The van der Waals surface area contributed by atoms with Gasteiger partial charge in [-0.15, -0.1) is 0 Å². The van der Waals surface area contributed by atoms with Crippen LogP contribution in [-0.2, 0) is 16.6 Å². The molecule has 0 bridgehead atoms. The quantitative estimate of drug-likeness (QED) is 0.440. The Morgan fingerprint density at radius 2 is 1.89 bits per heavy atom. The summed E-state index contributed by atoms with van der Waals surface area (Å²) in [6, 6.07) is 17.2. The van der Waals surface area contributed by atoms with Crippen LogP contribution in [0.15, 0.2) is 71.8 Å². The van der Waals surface area contributed by atoms with E-state index < -0.39 is 26.6 Å². The molecule has 0 spiro atoms. The van der Waals surface area contributed by atoms with Crippen molar-refractivity contribution >= 4 is 38.4 Å². The number of hydrogen-bond donors (Lipinski definition) is 1. The maximum atomic E-state index is 14.1. The molecule has 1 aromatic heterocycles. The summed E-state index contributed by atoms with van der Waals surface area (Å²) in [6.07, 6.45) is 1.79. The SMILES string of the molecule is NS(=O)(=O)c1cc(C(=O)N2CCOc3ccc(-c4cnc5ccccc5c4)cc3C2)c(Cl)cc1F. The van der Waals surface area contributed by atoms with Gasteiger partial charge in [0.1, 0.15) is 23.1 Å². The summed E-state index contributed by atoms with van der Waals surface area (Å²) >= 11 is 6.10. The first-order valence-electron chi connectivity index (χ1n) is 10.6. The van der Waals surface area contributed by atoms with Crippen molar-refractivity contribution < 1.29 is 22.3 Å². The van der Waals surface area contributed by atoms with Gasteiger partial charge in [0, 0.05) is 29.3 Å². The van der Waals surface area contributed by atoms with E-state index in [0.717, 1.165) is 39.7 Å². The Bertz CT molecular complexity index is 1590. The second-order valence-corrected chi connectivity index (χ2v) is 10.1. The summed E-state index contributed by atoms with van der Waals surface area (Å²) in [7, 11) is -4.38. The zero-order valence-electron chi connectivity index (χ0n) is 18.2. The zero-order valence-corrected chi connectivity index (χ0v) is 19.8. The van der Waals surface area contributed by atoms with Crippen LogP contribution in [0.1, 0.15) is 15.9 Å². The predicted octanol–water partition coefficient (Wildman–Crippen LogP) is 4.38. The van der Waals surface area contributed by atoms with Gasteiger partial charge in [0.25, 0.3) is 5.91 Å². The normalized spacial score (nSPS) is 13.7. The van der Waals surface area contributed by atoms with Gasteiger partial charge in [-0.2, -0.15) is 0 Å². The number of benzene rings is 3. The molecule has 0 saturated carbocycles. The molecule has 0 saturated heterocycles. The highest BCUT2D eigenvalue weighted by Gasteiger charge is 2.26. The zero-order chi connectivity index (χ0) is 24.7.